The van der Waals surface area contributed by atoms with Crippen molar-refractivity contribution in [1.29, 1.82) is 0 Å². The van der Waals surface area contributed by atoms with E-state index in [-0.39, 0.29) is 19.0 Å². The molecule has 0 bridgehead atoms. The summed E-state index contributed by atoms with van der Waals surface area (Å²) in [5, 5.41) is 13.7. The molecule has 170 valence electrons. The number of ether oxygens (including phenoxy) is 3. The lowest BCUT2D eigenvalue weighted by Gasteiger charge is -2.19. The summed E-state index contributed by atoms with van der Waals surface area (Å²) in [5.41, 5.74) is 1.43. The van der Waals surface area contributed by atoms with Gasteiger partial charge >= 0.3 is 0 Å². The summed E-state index contributed by atoms with van der Waals surface area (Å²) in [6.45, 7) is 0.359. The molecule has 0 unspecified atom stereocenters. The third-order valence-corrected chi connectivity index (χ3v) is 5.36. The maximum Gasteiger partial charge on any atom is 0.150 e. The van der Waals surface area contributed by atoms with Crippen molar-refractivity contribution in [3.05, 3.63) is 42.5 Å². The first-order valence-corrected chi connectivity index (χ1v) is 12.1. The molecule has 1 aromatic heterocycles. The number of rotatable bonds is 6. The standard InChI is InChI=1S/C21H23FN4O5S/c1-29-18-8-13(26-32(2,3)28)7-15-20(18)21(24-11-23-15)25-14-5-4-12(22)6-17(14)31-19-10-30-9-16(19)27/h4-8,11,16,19,27H,9-10H2,1-3H3,(H,23,24,25)/t16-,19-/m0/s1. The van der Waals surface area contributed by atoms with Crippen LogP contribution in [0, 0.1) is 5.82 Å². The van der Waals surface area contributed by atoms with Crippen molar-refractivity contribution in [2.24, 2.45) is 4.36 Å². The van der Waals surface area contributed by atoms with E-state index in [0.29, 0.717) is 33.8 Å². The molecule has 3 aromatic rings. The Balaban J connectivity index is 1.76. The van der Waals surface area contributed by atoms with Crippen molar-refractivity contribution in [2.75, 3.05) is 38.2 Å². The highest BCUT2D eigenvalue weighted by molar-refractivity contribution is 7.92. The first-order chi connectivity index (χ1) is 15.2. The normalized spacial score (nSPS) is 18.5. The van der Waals surface area contributed by atoms with Crippen LogP contribution in [0.3, 0.4) is 0 Å². The molecular formula is C21H23FN4O5S. The van der Waals surface area contributed by atoms with Crippen LogP contribution in [-0.4, -0.2) is 64.3 Å². The lowest BCUT2D eigenvalue weighted by atomic mass is 10.2. The van der Waals surface area contributed by atoms with Gasteiger partial charge in [0.1, 0.15) is 35.6 Å². The fourth-order valence-corrected chi connectivity index (χ4v) is 3.94. The molecule has 0 aliphatic carbocycles. The molecule has 0 spiro atoms. The van der Waals surface area contributed by atoms with Crippen molar-refractivity contribution >= 4 is 37.8 Å². The van der Waals surface area contributed by atoms with Gasteiger partial charge in [-0.1, -0.05) is 0 Å². The summed E-state index contributed by atoms with van der Waals surface area (Å²) in [6.07, 6.45) is 3.02. The highest BCUT2D eigenvalue weighted by Crippen LogP contribution is 2.37. The first kappa shape index (κ1) is 22.2. The molecule has 2 aromatic carbocycles. The summed E-state index contributed by atoms with van der Waals surface area (Å²) >= 11 is 0. The van der Waals surface area contributed by atoms with Crippen LogP contribution in [0.2, 0.25) is 0 Å². The second-order valence-electron chi connectivity index (χ2n) is 7.56. The summed E-state index contributed by atoms with van der Waals surface area (Å²) in [6, 6.07) is 7.36. The van der Waals surface area contributed by atoms with Gasteiger partial charge in [-0.2, -0.15) is 4.36 Å². The number of nitrogens with one attached hydrogen (secondary N) is 1. The lowest BCUT2D eigenvalue weighted by Crippen LogP contribution is -2.30. The molecule has 1 aliphatic heterocycles. The Morgan fingerprint density at radius 2 is 2.03 bits per heavy atom. The van der Waals surface area contributed by atoms with Crippen LogP contribution in [0.25, 0.3) is 10.9 Å². The third-order valence-electron chi connectivity index (χ3n) is 4.71. The number of halogens is 1. The molecule has 32 heavy (non-hydrogen) atoms. The van der Waals surface area contributed by atoms with E-state index in [1.807, 2.05) is 0 Å². The van der Waals surface area contributed by atoms with E-state index < -0.39 is 27.8 Å². The zero-order valence-electron chi connectivity index (χ0n) is 17.7. The molecule has 0 radical (unpaired) electrons. The number of benzene rings is 2. The Bertz CT molecular complexity index is 1270. The van der Waals surface area contributed by atoms with Crippen molar-refractivity contribution in [1.82, 2.24) is 9.97 Å². The van der Waals surface area contributed by atoms with Gasteiger partial charge in [-0.25, -0.2) is 18.6 Å². The second kappa shape index (κ2) is 8.85. The number of aliphatic hydroxyl groups excluding tert-OH is 1. The largest absolute Gasteiger partial charge is 0.496 e. The summed E-state index contributed by atoms with van der Waals surface area (Å²) in [5.74, 6) is 0.538. The van der Waals surface area contributed by atoms with Gasteiger partial charge in [0.25, 0.3) is 0 Å². The molecule has 2 N–H and O–H groups in total. The van der Waals surface area contributed by atoms with Gasteiger partial charge in [-0.15, -0.1) is 0 Å². The van der Waals surface area contributed by atoms with E-state index in [4.69, 9.17) is 14.2 Å². The zero-order valence-corrected chi connectivity index (χ0v) is 18.6. The number of aliphatic hydroxyl groups is 1. The third kappa shape index (κ3) is 4.90. The minimum atomic E-state index is -2.38. The number of aromatic nitrogens is 2. The molecule has 2 atom stereocenters. The van der Waals surface area contributed by atoms with Gasteiger partial charge in [0.05, 0.1) is 42.6 Å². The molecule has 0 amide bonds. The Kier molecular flexibility index (Phi) is 6.13. The summed E-state index contributed by atoms with van der Waals surface area (Å²) < 4.78 is 46.8. The molecule has 2 heterocycles. The summed E-state index contributed by atoms with van der Waals surface area (Å²) in [4.78, 5) is 8.60. The van der Waals surface area contributed by atoms with E-state index in [1.54, 1.807) is 24.6 Å². The molecule has 1 fully saturated rings. The predicted octanol–water partition coefficient (Wildman–Crippen LogP) is 3.02. The Labute approximate surface area is 184 Å². The van der Waals surface area contributed by atoms with Crippen LogP contribution in [0.4, 0.5) is 21.6 Å². The number of nitrogens with zero attached hydrogens (tertiary/aromatic N) is 3. The van der Waals surface area contributed by atoms with Crippen LogP contribution in [0.15, 0.2) is 41.0 Å². The van der Waals surface area contributed by atoms with Crippen molar-refractivity contribution in [3.8, 4) is 11.5 Å². The van der Waals surface area contributed by atoms with Crippen LogP contribution in [-0.2, 0) is 14.5 Å². The maximum atomic E-state index is 13.9. The fraction of sp³-hybridized carbons (Fsp3) is 0.333. The zero-order chi connectivity index (χ0) is 22.9. The van der Waals surface area contributed by atoms with E-state index in [0.717, 1.165) is 0 Å². The van der Waals surface area contributed by atoms with E-state index >= 15 is 0 Å². The van der Waals surface area contributed by atoms with E-state index in [9.17, 15) is 13.7 Å². The maximum absolute atomic E-state index is 13.9. The van der Waals surface area contributed by atoms with Gasteiger partial charge < -0.3 is 24.6 Å². The number of fused-ring (bicyclic) bond motifs is 1. The molecule has 4 rings (SSSR count). The van der Waals surface area contributed by atoms with Gasteiger partial charge in [0, 0.05) is 34.4 Å². The topological polar surface area (TPSA) is 115 Å². The number of hydrogen-bond donors (Lipinski definition) is 2. The number of hydrogen-bond acceptors (Lipinski definition) is 9. The molecule has 1 aliphatic rings. The number of anilines is 2. The van der Waals surface area contributed by atoms with E-state index in [2.05, 4.69) is 19.6 Å². The molecule has 0 saturated carbocycles. The van der Waals surface area contributed by atoms with Crippen molar-refractivity contribution in [3.63, 3.8) is 0 Å². The Hall–Kier alpha value is -3.02. The fourth-order valence-electron chi connectivity index (χ4n) is 3.33. The lowest BCUT2D eigenvalue weighted by molar-refractivity contribution is 0.0736. The van der Waals surface area contributed by atoms with Crippen LogP contribution in [0.1, 0.15) is 0 Å². The van der Waals surface area contributed by atoms with E-state index in [1.165, 1.54) is 31.6 Å². The van der Waals surface area contributed by atoms with Crippen molar-refractivity contribution in [2.45, 2.75) is 12.2 Å². The molecule has 9 nitrogen and oxygen atoms in total. The highest BCUT2D eigenvalue weighted by Gasteiger charge is 2.29. The van der Waals surface area contributed by atoms with Gasteiger partial charge in [0.2, 0.25) is 0 Å². The van der Waals surface area contributed by atoms with Gasteiger partial charge in [0.15, 0.2) is 6.10 Å². The van der Waals surface area contributed by atoms with Crippen LogP contribution in [0.5, 0.6) is 11.5 Å². The smallest absolute Gasteiger partial charge is 0.150 e. The van der Waals surface area contributed by atoms with Gasteiger partial charge in [-0.3, -0.25) is 0 Å². The average molecular weight is 463 g/mol. The van der Waals surface area contributed by atoms with Crippen LogP contribution < -0.4 is 14.8 Å². The van der Waals surface area contributed by atoms with Gasteiger partial charge in [-0.05, 0) is 18.2 Å². The first-order valence-electron chi connectivity index (χ1n) is 9.72. The second-order valence-corrected chi connectivity index (χ2v) is 10.1. The SMILES string of the molecule is COc1cc(N=S(C)(C)=O)cc2ncnc(Nc3ccc(F)cc3O[C@H]3COC[C@@H]3O)c12. The highest BCUT2D eigenvalue weighted by atomic mass is 32.2. The van der Waals surface area contributed by atoms with Crippen molar-refractivity contribution < 1.29 is 27.9 Å². The monoisotopic (exact) mass is 462 g/mol. The molecule has 11 heteroatoms. The predicted molar refractivity (Wildman–Crippen MR) is 119 cm³/mol. The van der Waals surface area contributed by atoms with Crippen LogP contribution >= 0.6 is 0 Å². The minimum Gasteiger partial charge on any atom is -0.496 e. The molecular weight excluding hydrogens is 439 g/mol. The quantitative estimate of drug-likeness (QED) is 0.575. The Morgan fingerprint density at radius 1 is 1.22 bits per heavy atom. The number of methoxy groups -OCH3 is 1. The minimum absolute atomic E-state index is 0.158. The molecule has 1 saturated heterocycles. The average Bonchev–Trinajstić information content (AvgIpc) is 3.12. The Morgan fingerprint density at radius 3 is 2.72 bits per heavy atom. The summed E-state index contributed by atoms with van der Waals surface area (Å²) in [7, 11) is -0.879.